The highest BCUT2D eigenvalue weighted by Gasteiger charge is 2.32. The van der Waals surface area contributed by atoms with Crippen LogP contribution in [0.4, 0.5) is 0 Å². The Bertz CT molecular complexity index is 357. The molecule has 0 aromatic rings. The van der Waals surface area contributed by atoms with E-state index in [1.165, 1.54) is 0 Å². The van der Waals surface area contributed by atoms with Crippen molar-refractivity contribution >= 4 is 11.8 Å². The molecule has 1 unspecified atom stereocenters. The Morgan fingerprint density at radius 1 is 1.24 bits per heavy atom. The van der Waals surface area contributed by atoms with Gasteiger partial charge in [0.1, 0.15) is 6.10 Å². The molecule has 2 amide bonds. The molecular formula is C16H28N2O3. The molecule has 1 atom stereocenters. The number of nitrogens with one attached hydrogen (secondary N) is 1. The summed E-state index contributed by atoms with van der Waals surface area (Å²) in [6, 6.07) is 0. The fraction of sp³-hybridized carbons (Fsp3) is 0.875. The van der Waals surface area contributed by atoms with Crippen LogP contribution in [0.3, 0.4) is 0 Å². The molecule has 2 aliphatic heterocycles. The number of likely N-dealkylation sites (tertiary alicyclic amines) is 1. The van der Waals surface area contributed by atoms with E-state index in [1.54, 1.807) is 0 Å². The third kappa shape index (κ3) is 4.70. The summed E-state index contributed by atoms with van der Waals surface area (Å²) in [6.07, 6.45) is 4.14. The van der Waals surface area contributed by atoms with E-state index in [0.717, 1.165) is 38.6 Å². The standard InChI is InChI=1S/C16H28N2O3/c1-12(2)5-8-17-15(19)13-6-9-18(10-7-13)16(20)14-4-3-11-21-14/h12-14H,3-11H2,1-2H3,(H,17,19). The second-order valence-corrected chi connectivity index (χ2v) is 6.57. The first-order chi connectivity index (χ1) is 10.1. The number of piperidine rings is 1. The van der Waals surface area contributed by atoms with Gasteiger partial charge in [0.25, 0.3) is 5.91 Å². The summed E-state index contributed by atoms with van der Waals surface area (Å²) < 4.78 is 5.45. The number of carbonyl (C=O) groups is 2. The molecule has 0 spiro atoms. The number of carbonyl (C=O) groups excluding carboxylic acids is 2. The van der Waals surface area contributed by atoms with Gasteiger partial charge in [-0.1, -0.05) is 13.8 Å². The molecule has 0 aliphatic carbocycles. The largest absolute Gasteiger partial charge is 0.368 e. The van der Waals surface area contributed by atoms with Crippen LogP contribution in [0.1, 0.15) is 46.0 Å². The normalized spacial score (nSPS) is 23.6. The molecule has 5 nitrogen and oxygen atoms in total. The zero-order chi connectivity index (χ0) is 15.2. The molecule has 2 rings (SSSR count). The van der Waals surface area contributed by atoms with Crippen LogP contribution in [-0.4, -0.2) is 49.1 Å². The van der Waals surface area contributed by atoms with E-state index in [1.807, 2.05) is 4.90 Å². The first-order valence-corrected chi connectivity index (χ1v) is 8.26. The molecule has 21 heavy (non-hydrogen) atoms. The minimum absolute atomic E-state index is 0.0608. The lowest BCUT2D eigenvalue weighted by Gasteiger charge is -2.32. The predicted molar refractivity (Wildman–Crippen MR) is 80.7 cm³/mol. The van der Waals surface area contributed by atoms with E-state index in [0.29, 0.717) is 25.6 Å². The Hall–Kier alpha value is -1.10. The molecular weight excluding hydrogens is 268 g/mol. The fourth-order valence-electron chi connectivity index (χ4n) is 2.97. The monoisotopic (exact) mass is 296 g/mol. The number of hydrogen-bond donors (Lipinski definition) is 1. The molecule has 0 bridgehead atoms. The van der Waals surface area contributed by atoms with E-state index in [9.17, 15) is 9.59 Å². The van der Waals surface area contributed by atoms with Crippen LogP contribution in [-0.2, 0) is 14.3 Å². The third-order valence-corrected chi connectivity index (χ3v) is 4.40. The molecule has 120 valence electrons. The maximum Gasteiger partial charge on any atom is 0.251 e. The van der Waals surface area contributed by atoms with Gasteiger partial charge in [0.15, 0.2) is 0 Å². The van der Waals surface area contributed by atoms with Gasteiger partial charge < -0.3 is 15.0 Å². The molecule has 5 heteroatoms. The van der Waals surface area contributed by atoms with Gasteiger partial charge in [-0.3, -0.25) is 9.59 Å². The Labute approximate surface area is 127 Å². The molecule has 1 N–H and O–H groups in total. The SMILES string of the molecule is CC(C)CCNC(=O)C1CCN(C(=O)C2CCCO2)CC1. The lowest BCUT2D eigenvalue weighted by Crippen LogP contribution is -2.46. The van der Waals surface area contributed by atoms with E-state index < -0.39 is 0 Å². The molecule has 2 heterocycles. The van der Waals surface area contributed by atoms with Crippen molar-refractivity contribution in [2.24, 2.45) is 11.8 Å². The summed E-state index contributed by atoms with van der Waals surface area (Å²) in [7, 11) is 0. The molecule has 0 saturated carbocycles. The van der Waals surface area contributed by atoms with Crippen LogP contribution in [0.2, 0.25) is 0 Å². The Balaban J connectivity index is 1.69. The third-order valence-electron chi connectivity index (χ3n) is 4.40. The summed E-state index contributed by atoms with van der Waals surface area (Å²) in [5.41, 5.74) is 0. The van der Waals surface area contributed by atoms with Crippen molar-refractivity contribution in [1.29, 1.82) is 0 Å². The van der Waals surface area contributed by atoms with Gasteiger partial charge in [-0.25, -0.2) is 0 Å². The molecule has 0 aromatic heterocycles. The summed E-state index contributed by atoms with van der Waals surface area (Å²) in [6.45, 7) is 7.13. The molecule has 2 fully saturated rings. The Morgan fingerprint density at radius 2 is 1.95 bits per heavy atom. The summed E-state index contributed by atoms with van der Waals surface area (Å²) in [5, 5.41) is 3.02. The Morgan fingerprint density at radius 3 is 2.52 bits per heavy atom. The molecule has 0 aromatic carbocycles. The van der Waals surface area contributed by atoms with Crippen LogP contribution in [0, 0.1) is 11.8 Å². The highest BCUT2D eigenvalue weighted by molar-refractivity contribution is 5.82. The van der Waals surface area contributed by atoms with E-state index in [2.05, 4.69) is 19.2 Å². The van der Waals surface area contributed by atoms with Crippen LogP contribution in [0.25, 0.3) is 0 Å². The van der Waals surface area contributed by atoms with Crippen molar-refractivity contribution in [1.82, 2.24) is 10.2 Å². The van der Waals surface area contributed by atoms with Crippen molar-refractivity contribution in [3.63, 3.8) is 0 Å². The zero-order valence-corrected chi connectivity index (χ0v) is 13.3. The van der Waals surface area contributed by atoms with Crippen molar-refractivity contribution < 1.29 is 14.3 Å². The smallest absolute Gasteiger partial charge is 0.251 e. The number of amides is 2. The van der Waals surface area contributed by atoms with Gasteiger partial charge in [-0.2, -0.15) is 0 Å². The molecule has 0 radical (unpaired) electrons. The van der Waals surface area contributed by atoms with Gasteiger partial charge in [-0.15, -0.1) is 0 Å². The lowest BCUT2D eigenvalue weighted by molar-refractivity contribution is -0.143. The van der Waals surface area contributed by atoms with Crippen molar-refractivity contribution in [3.8, 4) is 0 Å². The average Bonchev–Trinajstić information content (AvgIpc) is 3.00. The first-order valence-electron chi connectivity index (χ1n) is 8.26. The average molecular weight is 296 g/mol. The highest BCUT2D eigenvalue weighted by atomic mass is 16.5. The van der Waals surface area contributed by atoms with Crippen LogP contribution < -0.4 is 5.32 Å². The number of nitrogens with zero attached hydrogens (tertiary/aromatic N) is 1. The summed E-state index contributed by atoms with van der Waals surface area (Å²) in [5.74, 6) is 0.938. The van der Waals surface area contributed by atoms with Gasteiger partial charge in [0, 0.05) is 32.2 Å². The van der Waals surface area contributed by atoms with Crippen molar-refractivity contribution in [3.05, 3.63) is 0 Å². The minimum atomic E-state index is -0.235. The van der Waals surface area contributed by atoms with Crippen LogP contribution in [0.5, 0.6) is 0 Å². The van der Waals surface area contributed by atoms with Crippen LogP contribution >= 0.6 is 0 Å². The first kappa shape index (κ1) is 16.3. The molecule has 2 saturated heterocycles. The summed E-state index contributed by atoms with van der Waals surface area (Å²) in [4.78, 5) is 26.2. The quantitative estimate of drug-likeness (QED) is 0.837. The van der Waals surface area contributed by atoms with Gasteiger partial charge in [-0.05, 0) is 38.0 Å². The summed E-state index contributed by atoms with van der Waals surface area (Å²) >= 11 is 0. The second-order valence-electron chi connectivity index (χ2n) is 6.57. The van der Waals surface area contributed by atoms with Crippen LogP contribution in [0.15, 0.2) is 0 Å². The minimum Gasteiger partial charge on any atom is -0.368 e. The fourth-order valence-corrected chi connectivity index (χ4v) is 2.97. The lowest BCUT2D eigenvalue weighted by atomic mass is 9.95. The Kier molecular flexibility index (Phi) is 6.03. The van der Waals surface area contributed by atoms with Gasteiger partial charge in [0.2, 0.25) is 5.91 Å². The van der Waals surface area contributed by atoms with E-state index >= 15 is 0 Å². The van der Waals surface area contributed by atoms with Gasteiger partial charge in [0.05, 0.1) is 0 Å². The maximum absolute atomic E-state index is 12.2. The number of rotatable bonds is 5. The van der Waals surface area contributed by atoms with E-state index in [-0.39, 0.29) is 23.8 Å². The molecule has 2 aliphatic rings. The van der Waals surface area contributed by atoms with Gasteiger partial charge >= 0.3 is 0 Å². The zero-order valence-electron chi connectivity index (χ0n) is 13.3. The van der Waals surface area contributed by atoms with Crippen molar-refractivity contribution in [2.75, 3.05) is 26.2 Å². The highest BCUT2D eigenvalue weighted by Crippen LogP contribution is 2.21. The topological polar surface area (TPSA) is 58.6 Å². The number of ether oxygens (including phenoxy) is 1. The van der Waals surface area contributed by atoms with Crippen molar-refractivity contribution in [2.45, 2.75) is 52.1 Å². The maximum atomic E-state index is 12.2. The second kappa shape index (κ2) is 7.78. The van der Waals surface area contributed by atoms with E-state index in [4.69, 9.17) is 4.74 Å². The number of hydrogen-bond acceptors (Lipinski definition) is 3. The predicted octanol–water partition coefficient (Wildman–Crippen LogP) is 1.57.